The maximum atomic E-state index is 13.0. The number of carbonyl (C=O) groups is 4. The molecule has 1 saturated heterocycles. The van der Waals surface area contributed by atoms with Crippen LogP contribution in [0.25, 0.3) is 0 Å². The zero-order valence-corrected chi connectivity index (χ0v) is 33.9. The van der Waals surface area contributed by atoms with E-state index in [9.17, 15) is 29.4 Å². The lowest BCUT2D eigenvalue weighted by Crippen LogP contribution is -2.77. The smallest absolute Gasteiger partial charge is 0.246 e. The lowest BCUT2D eigenvalue weighted by atomic mass is 9.48. The molecule has 0 radical (unpaired) electrons. The maximum absolute atomic E-state index is 13.0. The highest BCUT2D eigenvalue weighted by atomic mass is 16.5. The van der Waals surface area contributed by atoms with E-state index in [2.05, 4.69) is 43.0 Å². The van der Waals surface area contributed by atoms with Gasteiger partial charge in [0.25, 0.3) is 0 Å². The third-order valence-corrected chi connectivity index (χ3v) is 11.8. The normalized spacial score (nSPS) is 23.2. The second kappa shape index (κ2) is 18.7. The summed E-state index contributed by atoms with van der Waals surface area (Å²) in [4.78, 5) is 56.2. The molecule has 6 N–H and O–H groups in total. The van der Waals surface area contributed by atoms with E-state index in [1.54, 1.807) is 12.1 Å². The van der Waals surface area contributed by atoms with Gasteiger partial charge in [0, 0.05) is 36.0 Å². The Morgan fingerprint density at radius 3 is 2.33 bits per heavy atom. The van der Waals surface area contributed by atoms with Gasteiger partial charge in [0.1, 0.15) is 50.6 Å². The summed E-state index contributed by atoms with van der Waals surface area (Å²) in [5.74, 6) is 5.53. The minimum absolute atomic E-state index is 0.0300. The average molecular weight is 825 g/mol. The van der Waals surface area contributed by atoms with Crippen LogP contribution in [-0.2, 0) is 40.5 Å². The summed E-state index contributed by atoms with van der Waals surface area (Å²) in [5.41, 5.74) is 2.46. The summed E-state index contributed by atoms with van der Waals surface area (Å²) in [6.07, 6.45) is 2.12. The number of likely N-dealkylation sites (N-methyl/N-ethyl adjacent to an activating group) is 1. The van der Waals surface area contributed by atoms with Crippen LogP contribution in [0.4, 0.5) is 0 Å². The zero-order chi connectivity index (χ0) is 42.3. The van der Waals surface area contributed by atoms with Crippen LogP contribution >= 0.6 is 0 Å². The molecule has 4 aliphatic rings. The number of hydrogen-bond donors (Lipinski definition) is 6. The van der Waals surface area contributed by atoms with Gasteiger partial charge in [-0.25, -0.2) is 4.98 Å². The number of phenolic OH excluding ortho intramolecular Hbond substituents is 1. The summed E-state index contributed by atoms with van der Waals surface area (Å²) in [7, 11) is 2.03. The first kappa shape index (κ1) is 42.4. The second-order valence-corrected chi connectivity index (χ2v) is 15.7. The molecule has 7 rings (SSSR count). The molecule has 1 aromatic heterocycles. The molecule has 1 spiro atoms. The predicted molar refractivity (Wildman–Crippen MR) is 217 cm³/mol. The lowest BCUT2D eigenvalue weighted by Gasteiger charge is -2.63. The van der Waals surface area contributed by atoms with Crippen LogP contribution in [-0.4, -0.2) is 134 Å². The molecule has 3 heterocycles. The van der Waals surface area contributed by atoms with E-state index in [4.69, 9.17) is 18.9 Å². The van der Waals surface area contributed by atoms with Crippen molar-refractivity contribution in [3.8, 4) is 29.1 Å². The highest BCUT2D eigenvalue weighted by Gasteiger charge is 2.72. The van der Waals surface area contributed by atoms with Crippen molar-refractivity contribution in [2.24, 2.45) is 0 Å². The number of aromatic nitrogens is 1. The standard InChI is InChI=1S/C44H52N6O10/c1-28-6-3-8-31(48-28)12-10-29-7-4-9-32(22-29)59-21-19-47-38(54)26-57-24-36(52)45-17-5-18-46-37(53)25-58-27-39(55)49-33-14-15-44(56)35-23-30-11-13-34(51)41-40(30)43(44,42(33)60-41)16-20-50(35)2/h3-4,6-9,11,13,22,33,35,42,51,56H,5,14-21,23-27H2,1-2H3,(H,45,52)(H,46,53)(H,47,54)(H,49,55)/t33-,35?,42-,43-,44+/m0/s1. The zero-order valence-electron chi connectivity index (χ0n) is 33.9. The predicted octanol–water partition coefficient (Wildman–Crippen LogP) is 0.615. The summed E-state index contributed by atoms with van der Waals surface area (Å²) in [6.45, 7) is 2.39. The Balaban J connectivity index is 0.721. The van der Waals surface area contributed by atoms with Gasteiger partial charge < -0.3 is 55.3 Å². The molecule has 2 fully saturated rings. The molecular formula is C44H52N6O10. The summed E-state index contributed by atoms with van der Waals surface area (Å²) in [6, 6.07) is 16.0. The van der Waals surface area contributed by atoms with Crippen LogP contribution in [0.3, 0.4) is 0 Å². The lowest BCUT2D eigenvalue weighted by molar-refractivity contribution is -0.187. The van der Waals surface area contributed by atoms with Crippen LogP contribution in [0, 0.1) is 18.8 Å². The number of nitrogens with zero attached hydrogens (tertiary/aromatic N) is 2. The van der Waals surface area contributed by atoms with Gasteiger partial charge in [0.2, 0.25) is 23.6 Å². The van der Waals surface area contributed by atoms with Gasteiger partial charge in [-0.3, -0.25) is 19.2 Å². The Morgan fingerprint density at radius 1 is 0.900 bits per heavy atom. The molecule has 5 atom stereocenters. The quantitative estimate of drug-likeness (QED) is 0.0818. The van der Waals surface area contributed by atoms with Crippen molar-refractivity contribution in [3.63, 3.8) is 0 Å². The minimum atomic E-state index is -1.06. The fourth-order valence-corrected chi connectivity index (χ4v) is 9.09. The van der Waals surface area contributed by atoms with Crippen LogP contribution < -0.4 is 30.7 Å². The number of phenols is 1. The van der Waals surface area contributed by atoms with Crippen molar-refractivity contribution in [2.45, 2.75) is 68.2 Å². The molecular weight excluding hydrogens is 773 g/mol. The van der Waals surface area contributed by atoms with E-state index in [1.807, 2.05) is 56.4 Å². The van der Waals surface area contributed by atoms with E-state index in [0.29, 0.717) is 49.3 Å². The SMILES string of the molecule is Cc1cccc(C#Cc2cccc(OCCNC(=O)COCC(=O)NCCCNC(=O)COCC(=O)N[C@H]3CC[C@@]4(O)C5Cc6ccc(O)c7c6[C@@]4(CCN5C)[C@H]3O7)c2)n1. The van der Waals surface area contributed by atoms with Gasteiger partial charge in [-0.05, 0) is 101 Å². The monoisotopic (exact) mass is 824 g/mol. The molecule has 1 unspecified atom stereocenters. The molecule has 3 aromatic rings. The Labute approximate surface area is 348 Å². The molecule has 16 heteroatoms. The first-order valence-corrected chi connectivity index (χ1v) is 20.3. The number of amides is 4. The highest BCUT2D eigenvalue weighted by Crippen LogP contribution is 2.65. The highest BCUT2D eigenvalue weighted by molar-refractivity contribution is 5.80. The number of piperidine rings is 1. The number of aryl methyl sites for hydroxylation is 1. The van der Waals surface area contributed by atoms with Gasteiger partial charge in [0.05, 0.1) is 23.6 Å². The number of rotatable bonds is 17. The van der Waals surface area contributed by atoms with Gasteiger partial charge in [0.15, 0.2) is 11.5 Å². The Morgan fingerprint density at radius 2 is 1.60 bits per heavy atom. The van der Waals surface area contributed by atoms with E-state index in [0.717, 1.165) is 28.9 Å². The van der Waals surface area contributed by atoms with E-state index in [1.165, 1.54) is 0 Å². The van der Waals surface area contributed by atoms with Crippen molar-refractivity contribution in [1.29, 1.82) is 0 Å². The average Bonchev–Trinajstić information content (AvgIpc) is 3.59. The first-order valence-electron chi connectivity index (χ1n) is 20.3. The number of pyridine rings is 1. The molecule has 318 valence electrons. The minimum Gasteiger partial charge on any atom is -0.504 e. The molecule has 60 heavy (non-hydrogen) atoms. The first-order chi connectivity index (χ1) is 29.0. The number of ether oxygens (including phenoxy) is 4. The molecule has 2 bridgehead atoms. The number of nitrogens with one attached hydrogen (secondary N) is 4. The van der Waals surface area contributed by atoms with Crippen LogP contribution in [0.5, 0.6) is 17.2 Å². The van der Waals surface area contributed by atoms with E-state index >= 15 is 0 Å². The molecule has 16 nitrogen and oxygen atoms in total. The van der Waals surface area contributed by atoms with Gasteiger partial charge in [-0.1, -0.05) is 24.1 Å². The fourth-order valence-electron chi connectivity index (χ4n) is 9.09. The van der Waals surface area contributed by atoms with Crippen LogP contribution in [0.15, 0.2) is 54.6 Å². The largest absolute Gasteiger partial charge is 0.504 e. The van der Waals surface area contributed by atoms with E-state index in [-0.39, 0.29) is 64.5 Å². The van der Waals surface area contributed by atoms with Crippen molar-refractivity contribution >= 4 is 23.6 Å². The maximum Gasteiger partial charge on any atom is 0.246 e. The number of aromatic hydroxyl groups is 1. The number of aliphatic hydroxyl groups is 1. The summed E-state index contributed by atoms with van der Waals surface area (Å²) < 4.78 is 22.7. The third kappa shape index (κ3) is 9.19. The van der Waals surface area contributed by atoms with Crippen molar-refractivity contribution in [3.05, 3.63) is 82.7 Å². The fraction of sp³-hybridized carbons (Fsp3) is 0.477. The molecule has 2 aliphatic carbocycles. The van der Waals surface area contributed by atoms with Crippen molar-refractivity contribution in [2.75, 3.05) is 66.3 Å². The second-order valence-electron chi connectivity index (χ2n) is 15.7. The Bertz CT molecular complexity index is 2160. The van der Waals surface area contributed by atoms with Gasteiger partial charge >= 0.3 is 0 Å². The number of carbonyl (C=O) groups excluding carboxylic acids is 4. The molecule has 1 saturated carbocycles. The topological polar surface area (TPSA) is 210 Å². The van der Waals surface area contributed by atoms with Crippen molar-refractivity contribution in [1.82, 2.24) is 31.2 Å². The van der Waals surface area contributed by atoms with Crippen LogP contribution in [0.1, 0.15) is 53.8 Å². The Kier molecular flexibility index (Phi) is 13.2. The molecule has 2 aromatic carbocycles. The van der Waals surface area contributed by atoms with Crippen molar-refractivity contribution < 1.29 is 48.3 Å². The third-order valence-electron chi connectivity index (χ3n) is 11.8. The number of hydrogen-bond acceptors (Lipinski definition) is 12. The molecule has 4 amide bonds. The number of benzene rings is 2. The van der Waals surface area contributed by atoms with E-state index < -0.39 is 46.8 Å². The Hall–Kier alpha value is -5.73. The van der Waals surface area contributed by atoms with Crippen LogP contribution in [0.2, 0.25) is 0 Å². The number of likely N-dealkylation sites (tertiary alicyclic amines) is 1. The summed E-state index contributed by atoms with van der Waals surface area (Å²) >= 11 is 0. The molecule has 2 aliphatic heterocycles. The van der Waals surface area contributed by atoms with Gasteiger partial charge in [-0.15, -0.1) is 0 Å². The summed E-state index contributed by atoms with van der Waals surface area (Å²) in [5, 5.41) is 34.1. The van der Waals surface area contributed by atoms with Gasteiger partial charge in [-0.2, -0.15) is 0 Å².